The molecule has 0 saturated heterocycles. The fourth-order valence-corrected chi connectivity index (χ4v) is 4.57. The van der Waals surface area contributed by atoms with Crippen LogP contribution in [0.1, 0.15) is 45.2 Å². The predicted octanol–water partition coefficient (Wildman–Crippen LogP) is 4.00. The van der Waals surface area contributed by atoms with Crippen molar-refractivity contribution >= 4 is 39.1 Å². The van der Waals surface area contributed by atoms with E-state index in [4.69, 9.17) is 11.6 Å². The van der Waals surface area contributed by atoms with E-state index in [0.29, 0.717) is 17.1 Å². The molecule has 2 rings (SSSR count). The first-order chi connectivity index (χ1) is 16.0. The van der Waals surface area contributed by atoms with Crippen LogP contribution in [-0.4, -0.2) is 50.0 Å². The first-order valence-corrected chi connectivity index (χ1v) is 13.6. The minimum absolute atomic E-state index is 0.0985. The lowest BCUT2D eigenvalue weighted by atomic mass is 10.1. The Balaban J connectivity index is 2.42. The van der Waals surface area contributed by atoms with Crippen molar-refractivity contribution in [1.29, 1.82) is 0 Å². The summed E-state index contributed by atoms with van der Waals surface area (Å²) in [6, 6.07) is 13.2. The molecule has 9 heteroatoms. The maximum atomic E-state index is 13.6. The summed E-state index contributed by atoms with van der Waals surface area (Å²) in [6.45, 7) is 7.26. The Labute approximate surface area is 208 Å². The van der Waals surface area contributed by atoms with Crippen LogP contribution in [0.2, 0.25) is 5.02 Å². The third-order valence-corrected chi connectivity index (χ3v) is 6.79. The van der Waals surface area contributed by atoms with E-state index in [2.05, 4.69) is 5.32 Å². The number of carbonyl (C=O) groups is 2. The fraction of sp³-hybridized carbons (Fsp3) is 0.440. The zero-order valence-corrected chi connectivity index (χ0v) is 22.0. The molecule has 1 atom stereocenters. The summed E-state index contributed by atoms with van der Waals surface area (Å²) < 4.78 is 26.3. The maximum Gasteiger partial charge on any atom is 0.244 e. The maximum absolute atomic E-state index is 13.6. The van der Waals surface area contributed by atoms with Crippen LogP contribution < -0.4 is 9.62 Å². The number of sulfonamides is 1. The highest BCUT2D eigenvalue weighted by molar-refractivity contribution is 7.92. The molecule has 1 unspecified atom stereocenters. The average molecular weight is 508 g/mol. The Morgan fingerprint density at radius 2 is 1.53 bits per heavy atom. The van der Waals surface area contributed by atoms with Gasteiger partial charge in [-0.3, -0.25) is 13.9 Å². The molecular formula is C25H34ClN3O4S. The second-order valence-electron chi connectivity index (χ2n) is 8.53. The lowest BCUT2D eigenvalue weighted by molar-refractivity contribution is -0.140. The van der Waals surface area contributed by atoms with Gasteiger partial charge in [-0.05, 0) is 62.1 Å². The normalized spacial score (nSPS) is 12.3. The SMILES string of the molecule is CCc1ccc(N(CC(=O)N(Cc2ccc(Cl)cc2)C(CC)C(=O)NC(C)C)S(C)(=O)=O)cc1. The summed E-state index contributed by atoms with van der Waals surface area (Å²) >= 11 is 6.00. The number of aryl methyl sites for hydroxylation is 1. The number of anilines is 1. The molecule has 0 fully saturated rings. The summed E-state index contributed by atoms with van der Waals surface area (Å²) in [7, 11) is -3.75. The van der Waals surface area contributed by atoms with E-state index < -0.39 is 28.5 Å². The van der Waals surface area contributed by atoms with Crippen LogP contribution in [0.25, 0.3) is 0 Å². The van der Waals surface area contributed by atoms with Gasteiger partial charge in [0.15, 0.2) is 0 Å². The van der Waals surface area contributed by atoms with Crippen molar-refractivity contribution in [2.45, 2.75) is 59.2 Å². The quantitative estimate of drug-likeness (QED) is 0.498. The molecule has 2 aromatic rings. The highest BCUT2D eigenvalue weighted by atomic mass is 35.5. The topological polar surface area (TPSA) is 86.8 Å². The number of benzene rings is 2. The van der Waals surface area contributed by atoms with Crippen LogP contribution in [0.4, 0.5) is 5.69 Å². The first-order valence-electron chi connectivity index (χ1n) is 11.4. The van der Waals surface area contributed by atoms with Crippen LogP contribution in [0, 0.1) is 0 Å². The minimum atomic E-state index is -3.75. The van der Waals surface area contributed by atoms with E-state index in [0.717, 1.165) is 28.1 Å². The van der Waals surface area contributed by atoms with E-state index in [-0.39, 0.29) is 18.5 Å². The number of nitrogens with one attached hydrogen (secondary N) is 1. The highest BCUT2D eigenvalue weighted by Crippen LogP contribution is 2.21. The standard InChI is InChI=1S/C25H34ClN3O4S/c1-6-19-10-14-22(15-11-19)29(34(5,32)33)17-24(30)28(16-20-8-12-21(26)13-9-20)23(7-2)25(31)27-18(3)4/h8-15,18,23H,6-7,16-17H2,1-5H3,(H,27,31). The molecule has 0 bridgehead atoms. The third-order valence-electron chi connectivity index (χ3n) is 5.39. The summed E-state index contributed by atoms with van der Waals surface area (Å²) in [5, 5.41) is 3.43. The van der Waals surface area contributed by atoms with E-state index in [1.165, 1.54) is 4.90 Å². The summed E-state index contributed by atoms with van der Waals surface area (Å²) in [5.41, 5.74) is 2.25. The van der Waals surface area contributed by atoms with Gasteiger partial charge in [-0.1, -0.05) is 49.7 Å². The fourth-order valence-electron chi connectivity index (χ4n) is 3.60. The molecule has 0 aliphatic rings. The van der Waals surface area contributed by atoms with Crippen LogP contribution >= 0.6 is 11.6 Å². The third kappa shape index (κ3) is 7.74. The second kappa shape index (κ2) is 12.2. The van der Waals surface area contributed by atoms with E-state index in [9.17, 15) is 18.0 Å². The van der Waals surface area contributed by atoms with Gasteiger partial charge in [-0.15, -0.1) is 0 Å². The van der Waals surface area contributed by atoms with Crippen molar-refractivity contribution in [2.75, 3.05) is 17.1 Å². The lowest BCUT2D eigenvalue weighted by Gasteiger charge is -2.33. The van der Waals surface area contributed by atoms with E-state index in [1.54, 1.807) is 36.4 Å². The van der Waals surface area contributed by atoms with Gasteiger partial charge in [-0.2, -0.15) is 0 Å². The zero-order valence-electron chi connectivity index (χ0n) is 20.4. The van der Waals surface area contributed by atoms with Crippen LogP contribution in [0.3, 0.4) is 0 Å². The van der Waals surface area contributed by atoms with Crippen molar-refractivity contribution in [3.63, 3.8) is 0 Å². The van der Waals surface area contributed by atoms with Crippen molar-refractivity contribution in [2.24, 2.45) is 0 Å². The Morgan fingerprint density at radius 1 is 0.971 bits per heavy atom. The molecule has 0 aliphatic heterocycles. The van der Waals surface area contributed by atoms with Crippen LogP contribution in [-0.2, 0) is 32.6 Å². The van der Waals surface area contributed by atoms with Gasteiger partial charge < -0.3 is 10.2 Å². The first kappa shape index (κ1) is 27.7. The van der Waals surface area contributed by atoms with Crippen molar-refractivity contribution in [3.05, 3.63) is 64.7 Å². The monoisotopic (exact) mass is 507 g/mol. The number of hydrogen-bond acceptors (Lipinski definition) is 4. The van der Waals surface area contributed by atoms with Crippen molar-refractivity contribution in [1.82, 2.24) is 10.2 Å². The molecule has 186 valence electrons. The Hall–Kier alpha value is -2.58. The summed E-state index contributed by atoms with van der Waals surface area (Å²) in [5.74, 6) is -0.747. The molecular weight excluding hydrogens is 474 g/mol. The van der Waals surface area contributed by atoms with Gasteiger partial charge >= 0.3 is 0 Å². The molecule has 0 heterocycles. The van der Waals surface area contributed by atoms with Gasteiger partial charge in [0, 0.05) is 17.6 Å². The number of rotatable bonds is 11. The predicted molar refractivity (Wildman–Crippen MR) is 137 cm³/mol. The van der Waals surface area contributed by atoms with E-state index in [1.807, 2.05) is 39.8 Å². The van der Waals surface area contributed by atoms with Gasteiger partial charge in [0.1, 0.15) is 12.6 Å². The second-order valence-corrected chi connectivity index (χ2v) is 10.9. The molecule has 0 aliphatic carbocycles. The van der Waals surface area contributed by atoms with Crippen molar-refractivity contribution in [3.8, 4) is 0 Å². The summed E-state index contributed by atoms with van der Waals surface area (Å²) in [4.78, 5) is 28.0. The number of amides is 2. The van der Waals surface area contributed by atoms with Gasteiger partial charge in [0.2, 0.25) is 21.8 Å². The number of hydrogen-bond donors (Lipinski definition) is 1. The zero-order chi connectivity index (χ0) is 25.5. The molecule has 34 heavy (non-hydrogen) atoms. The number of carbonyl (C=O) groups excluding carboxylic acids is 2. The molecule has 0 saturated carbocycles. The molecule has 2 aromatic carbocycles. The van der Waals surface area contributed by atoms with Gasteiger partial charge in [0.05, 0.1) is 11.9 Å². The smallest absolute Gasteiger partial charge is 0.244 e. The molecule has 0 spiro atoms. The van der Waals surface area contributed by atoms with Crippen LogP contribution in [0.5, 0.6) is 0 Å². The molecule has 2 amide bonds. The Morgan fingerprint density at radius 3 is 2.00 bits per heavy atom. The summed E-state index contributed by atoms with van der Waals surface area (Å²) in [6.07, 6.45) is 2.26. The number of halogens is 1. The van der Waals surface area contributed by atoms with Gasteiger partial charge in [0.25, 0.3) is 0 Å². The lowest BCUT2D eigenvalue weighted by Crippen LogP contribution is -2.53. The molecule has 0 radical (unpaired) electrons. The average Bonchev–Trinajstić information content (AvgIpc) is 2.77. The van der Waals surface area contributed by atoms with Gasteiger partial charge in [-0.25, -0.2) is 8.42 Å². The Bertz CT molecular complexity index is 1070. The number of nitrogens with zero attached hydrogens (tertiary/aromatic N) is 2. The largest absolute Gasteiger partial charge is 0.352 e. The van der Waals surface area contributed by atoms with E-state index >= 15 is 0 Å². The minimum Gasteiger partial charge on any atom is -0.352 e. The molecule has 0 aromatic heterocycles. The molecule has 7 nitrogen and oxygen atoms in total. The molecule has 1 N–H and O–H groups in total. The highest BCUT2D eigenvalue weighted by Gasteiger charge is 2.31. The Kier molecular flexibility index (Phi) is 9.94. The van der Waals surface area contributed by atoms with Crippen molar-refractivity contribution < 1.29 is 18.0 Å². The van der Waals surface area contributed by atoms with Crippen LogP contribution in [0.15, 0.2) is 48.5 Å².